The summed E-state index contributed by atoms with van der Waals surface area (Å²) >= 11 is 0. The fourth-order valence-electron chi connectivity index (χ4n) is 0.551. The molecule has 0 aliphatic heterocycles. The lowest BCUT2D eigenvalue weighted by Gasteiger charge is -2.09. The Labute approximate surface area is 50.3 Å². The van der Waals surface area contributed by atoms with Crippen molar-refractivity contribution in [3.05, 3.63) is 0 Å². The van der Waals surface area contributed by atoms with Gasteiger partial charge in [-0.15, -0.1) is 0 Å². The molecule has 0 heterocycles. The normalized spacial score (nSPS) is 13.2. The van der Waals surface area contributed by atoms with E-state index in [1.165, 1.54) is 6.92 Å². The van der Waals surface area contributed by atoms with E-state index in [0.29, 0.717) is 0 Å². The molecule has 0 aliphatic carbocycles. The van der Waals surface area contributed by atoms with Crippen molar-refractivity contribution in [2.75, 3.05) is 7.05 Å². The van der Waals surface area contributed by atoms with E-state index in [9.17, 15) is 4.79 Å². The fraction of sp³-hybridized carbons (Fsp3) is 0.750. The molecule has 0 amide bonds. The zero-order valence-electron chi connectivity index (χ0n) is 5.49. The van der Waals surface area contributed by atoms with Crippen LogP contribution in [0.4, 0.5) is 0 Å². The number of hydrogen-bond donors (Lipinski definition) is 2. The van der Waals surface area contributed by atoms with Gasteiger partial charge < -0.3 is 5.23 Å². The molecule has 4 heteroatoms. The van der Waals surface area contributed by atoms with Gasteiger partial charge in [0.15, 0.2) is 13.8 Å². The second-order valence-electron chi connectivity index (χ2n) is 1.62. The van der Waals surface area contributed by atoms with Crippen LogP contribution in [-0.4, -0.2) is 27.0 Å². The summed E-state index contributed by atoms with van der Waals surface area (Å²) in [5.74, 6) is 0.106. The van der Waals surface area contributed by atoms with Crippen molar-refractivity contribution in [3.8, 4) is 0 Å². The van der Waals surface area contributed by atoms with Crippen LogP contribution in [0.1, 0.15) is 6.92 Å². The average molecular weight is 114 g/mol. The highest BCUT2D eigenvalue weighted by atomic mass is 16.1. The van der Waals surface area contributed by atoms with Gasteiger partial charge in [-0.25, -0.2) is 0 Å². The van der Waals surface area contributed by atoms with E-state index in [2.05, 4.69) is 10.5 Å². The highest BCUT2D eigenvalue weighted by molar-refractivity contribution is 6.06. The molecule has 0 saturated heterocycles. The zero-order valence-corrected chi connectivity index (χ0v) is 5.49. The maximum absolute atomic E-state index is 10.5. The Balaban J connectivity index is 3.52. The number of likely N-dealkylation sites (N-methyl/N-ethyl adjacent to an activating group) is 1. The maximum Gasteiger partial charge on any atom is 0.184 e. The van der Waals surface area contributed by atoms with Crippen molar-refractivity contribution in [2.45, 2.75) is 13.1 Å². The Morgan fingerprint density at radius 2 is 2.25 bits per heavy atom. The first-order chi connectivity index (χ1) is 3.72. The second kappa shape index (κ2) is 3.63. The van der Waals surface area contributed by atoms with Gasteiger partial charge in [0.05, 0.1) is 0 Å². The second-order valence-corrected chi connectivity index (χ2v) is 1.62. The summed E-state index contributed by atoms with van der Waals surface area (Å²) in [5, 5.41) is 5.58. The van der Waals surface area contributed by atoms with Crippen LogP contribution in [0.15, 0.2) is 0 Å². The average Bonchev–Trinajstić information content (AvgIpc) is 1.69. The number of nitrogens with one attached hydrogen (secondary N) is 2. The van der Waals surface area contributed by atoms with Crippen LogP contribution in [0.3, 0.4) is 0 Å². The number of hydrogen-bond acceptors (Lipinski definition) is 3. The molecule has 8 heavy (non-hydrogen) atoms. The number of Topliss-reactive ketones (excluding diaryl/α,β-unsaturated/α-hetero) is 1. The molecule has 0 bridgehead atoms. The molecule has 0 spiro atoms. The summed E-state index contributed by atoms with van der Waals surface area (Å²) < 4.78 is 0. The third-order valence-electron chi connectivity index (χ3n) is 0.984. The predicted octanol–water partition coefficient (Wildman–Crippen LogP) is -1.74. The zero-order chi connectivity index (χ0) is 6.57. The van der Waals surface area contributed by atoms with Crippen molar-refractivity contribution < 1.29 is 4.79 Å². The first kappa shape index (κ1) is 7.65. The molecule has 2 N–H and O–H groups in total. The summed E-state index contributed by atoms with van der Waals surface area (Å²) in [6.45, 7) is 1.54. The van der Waals surface area contributed by atoms with Crippen LogP contribution in [0.5, 0.6) is 0 Å². The molecule has 0 rings (SSSR count). The van der Waals surface area contributed by atoms with E-state index >= 15 is 0 Å². The Hall–Kier alpha value is -0.345. The van der Waals surface area contributed by atoms with Crippen LogP contribution >= 0.6 is 0 Å². The monoisotopic (exact) mass is 114 g/mol. The van der Waals surface area contributed by atoms with Crippen LogP contribution in [0.25, 0.3) is 0 Å². The van der Waals surface area contributed by atoms with Gasteiger partial charge in [-0.3, -0.25) is 10.1 Å². The van der Waals surface area contributed by atoms with E-state index in [4.69, 9.17) is 0 Å². The molecule has 0 aromatic carbocycles. The van der Waals surface area contributed by atoms with Crippen LogP contribution in [-0.2, 0) is 4.79 Å². The first-order valence-electron chi connectivity index (χ1n) is 2.57. The molecule has 0 aromatic rings. The number of ketones is 1. The largest absolute Gasteiger partial charge is 0.342 e. The standard InChI is InChI=1S/C4H11BN2O/c1-3(8)4(6-2)7-5/h4,6-7H,5H2,1-2H3. The SMILES string of the molecule is BNC(NC)C(C)=O. The van der Waals surface area contributed by atoms with E-state index in [0.717, 1.165) is 0 Å². The van der Waals surface area contributed by atoms with Crippen molar-refractivity contribution in [1.82, 2.24) is 10.5 Å². The topological polar surface area (TPSA) is 41.1 Å². The van der Waals surface area contributed by atoms with Crippen LogP contribution in [0.2, 0.25) is 0 Å². The quantitative estimate of drug-likeness (QED) is 0.338. The van der Waals surface area contributed by atoms with Gasteiger partial charge in [0.25, 0.3) is 0 Å². The van der Waals surface area contributed by atoms with Crippen LogP contribution in [0, 0.1) is 0 Å². The molecule has 0 radical (unpaired) electrons. The lowest BCUT2D eigenvalue weighted by Crippen LogP contribution is -2.44. The fourth-order valence-corrected chi connectivity index (χ4v) is 0.551. The van der Waals surface area contributed by atoms with Gasteiger partial charge in [0.1, 0.15) is 6.17 Å². The third-order valence-corrected chi connectivity index (χ3v) is 0.984. The maximum atomic E-state index is 10.5. The lowest BCUT2D eigenvalue weighted by molar-refractivity contribution is -0.119. The molecule has 0 saturated carbocycles. The van der Waals surface area contributed by atoms with Gasteiger partial charge in [-0.05, 0) is 14.0 Å². The van der Waals surface area contributed by atoms with Gasteiger partial charge in [-0.1, -0.05) is 0 Å². The van der Waals surface area contributed by atoms with E-state index in [1.54, 1.807) is 15.0 Å². The van der Waals surface area contributed by atoms with Gasteiger partial charge in [0, 0.05) is 0 Å². The van der Waals surface area contributed by atoms with Crippen LogP contribution < -0.4 is 10.5 Å². The van der Waals surface area contributed by atoms with E-state index < -0.39 is 0 Å². The smallest absolute Gasteiger partial charge is 0.184 e. The summed E-state index contributed by atoms with van der Waals surface area (Å²) in [5.41, 5.74) is 0. The minimum Gasteiger partial charge on any atom is -0.342 e. The molecular formula is C4H11BN2O. The Morgan fingerprint density at radius 1 is 1.75 bits per heavy atom. The molecule has 1 atom stereocenters. The summed E-state index contributed by atoms with van der Waals surface area (Å²) in [7, 11) is 3.48. The number of carbonyl (C=O) groups is 1. The van der Waals surface area contributed by atoms with E-state index in [-0.39, 0.29) is 11.9 Å². The molecule has 0 aliphatic rings. The Morgan fingerprint density at radius 3 is 2.25 bits per heavy atom. The van der Waals surface area contributed by atoms with Crippen molar-refractivity contribution in [3.63, 3.8) is 0 Å². The lowest BCUT2D eigenvalue weighted by atomic mass is 10.3. The Bertz CT molecular complexity index is 82.1. The molecule has 1 unspecified atom stereocenters. The predicted molar refractivity (Wildman–Crippen MR) is 35.2 cm³/mol. The highest BCUT2D eigenvalue weighted by Crippen LogP contribution is 1.73. The molecule has 3 nitrogen and oxygen atoms in total. The highest BCUT2D eigenvalue weighted by Gasteiger charge is 2.04. The van der Waals surface area contributed by atoms with Crippen molar-refractivity contribution in [1.29, 1.82) is 0 Å². The molecule has 46 valence electrons. The molecule has 0 aromatic heterocycles. The van der Waals surface area contributed by atoms with Crippen molar-refractivity contribution >= 4 is 13.8 Å². The van der Waals surface area contributed by atoms with Crippen molar-refractivity contribution in [2.24, 2.45) is 0 Å². The number of rotatable bonds is 3. The summed E-state index contributed by atoms with van der Waals surface area (Å²) in [6, 6.07) is 0. The van der Waals surface area contributed by atoms with Gasteiger partial charge in [-0.2, -0.15) is 0 Å². The summed E-state index contributed by atoms with van der Waals surface area (Å²) in [4.78, 5) is 10.5. The Kier molecular flexibility index (Phi) is 3.48. The summed E-state index contributed by atoms with van der Waals surface area (Å²) in [6.07, 6.45) is -0.185. The van der Waals surface area contributed by atoms with Gasteiger partial charge >= 0.3 is 0 Å². The molecule has 0 fully saturated rings. The minimum atomic E-state index is -0.185. The third kappa shape index (κ3) is 2.09. The minimum absolute atomic E-state index is 0.106. The van der Waals surface area contributed by atoms with E-state index in [1.807, 2.05) is 0 Å². The molecular weight excluding hydrogens is 103 g/mol. The van der Waals surface area contributed by atoms with Gasteiger partial charge in [0.2, 0.25) is 0 Å². The first-order valence-corrected chi connectivity index (χ1v) is 2.57. The number of carbonyl (C=O) groups excluding carboxylic acids is 1.